The van der Waals surface area contributed by atoms with Gasteiger partial charge in [0.15, 0.2) is 11.6 Å². The van der Waals surface area contributed by atoms with Gasteiger partial charge >= 0.3 is 12.1 Å². The van der Waals surface area contributed by atoms with Crippen LogP contribution in [0.25, 0.3) is 21.9 Å². The molecule has 2 N–H and O–H groups in total. The molecule has 14 nitrogen and oxygen atoms in total. The highest BCUT2D eigenvalue weighted by molar-refractivity contribution is 7.17. The summed E-state index contributed by atoms with van der Waals surface area (Å²) in [6, 6.07) is -0.00121. The van der Waals surface area contributed by atoms with Crippen molar-refractivity contribution in [1.29, 1.82) is 0 Å². The Morgan fingerprint density at radius 2 is 1.90 bits per heavy atom. The van der Waals surface area contributed by atoms with Crippen LogP contribution in [0.4, 0.5) is 4.79 Å². The van der Waals surface area contributed by atoms with Gasteiger partial charge in [-0.2, -0.15) is 4.98 Å². The zero-order chi connectivity index (χ0) is 34.8. The molecule has 2 aliphatic heterocycles. The SMILES string of the molecule is COC(=O)[C@@]12C[C@@H]1/C=C\CCCCC[C@H](NC(=O)OC1CCCC1)C(=O)N1C[C@H](Oc3nc(-c4nccn4C)nc4ccsc34)C[C@H]1C(=O)N2. The molecule has 50 heavy (non-hydrogen) atoms. The van der Waals surface area contributed by atoms with E-state index in [2.05, 4.69) is 20.6 Å². The van der Waals surface area contributed by atoms with Gasteiger partial charge in [-0.05, 0) is 62.8 Å². The van der Waals surface area contributed by atoms with Crippen molar-refractivity contribution in [3.05, 3.63) is 36.0 Å². The van der Waals surface area contributed by atoms with Crippen LogP contribution in [-0.4, -0.2) is 91.8 Å². The van der Waals surface area contributed by atoms with E-state index in [1.807, 2.05) is 35.2 Å². The minimum absolute atomic E-state index is 0.0654. The Bertz CT molecular complexity index is 1790. The Morgan fingerprint density at radius 3 is 2.68 bits per heavy atom. The van der Waals surface area contributed by atoms with Crippen LogP contribution in [0.1, 0.15) is 70.6 Å². The highest BCUT2D eigenvalue weighted by atomic mass is 32.1. The first-order valence-electron chi connectivity index (χ1n) is 17.5. The first-order chi connectivity index (χ1) is 24.3. The predicted molar refractivity (Wildman–Crippen MR) is 183 cm³/mol. The van der Waals surface area contributed by atoms with E-state index in [0.29, 0.717) is 42.3 Å². The number of hydrogen-bond donors (Lipinski definition) is 2. The number of nitrogens with zero attached hydrogens (tertiary/aromatic N) is 5. The van der Waals surface area contributed by atoms with Gasteiger partial charge < -0.3 is 34.3 Å². The molecule has 3 aromatic heterocycles. The summed E-state index contributed by atoms with van der Waals surface area (Å²) < 4.78 is 19.9. The Hall–Kier alpha value is -4.53. The Kier molecular flexibility index (Phi) is 9.76. The topological polar surface area (TPSA) is 167 Å². The number of hydrogen-bond acceptors (Lipinski definition) is 11. The van der Waals surface area contributed by atoms with E-state index in [9.17, 15) is 19.2 Å². The smallest absolute Gasteiger partial charge is 0.408 e. The van der Waals surface area contributed by atoms with Gasteiger partial charge in [-0.25, -0.2) is 19.6 Å². The fourth-order valence-electron chi connectivity index (χ4n) is 7.40. The molecule has 0 bridgehead atoms. The number of methoxy groups -OCH3 is 1. The van der Waals surface area contributed by atoms with Gasteiger partial charge in [-0.1, -0.05) is 25.0 Å². The lowest BCUT2D eigenvalue weighted by atomic mass is 10.0. The van der Waals surface area contributed by atoms with Crippen LogP contribution in [-0.2, 0) is 30.9 Å². The number of alkyl carbamates (subject to hydrolysis) is 1. The van der Waals surface area contributed by atoms with Crippen molar-refractivity contribution >= 4 is 45.4 Å². The zero-order valence-electron chi connectivity index (χ0n) is 28.3. The summed E-state index contributed by atoms with van der Waals surface area (Å²) >= 11 is 1.43. The van der Waals surface area contributed by atoms with E-state index in [-0.39, 0.29) is 25.0 Å². The number of ether oxygens (including phenoxy) is 3. The van der Waals surface area contributed by atoms with Crippen LogP contribution in [0.15, 0.2) is 36.0 Å². The molecule has 3 fully saturated rings. The van der Waals surface area contributed by atoms with Crippen molar-refractivity contribution in [2.45, 2.75) is 100 Å². The van der Waals surface area contributed by atoms with Gasteiger partial charge in [0, 0.05) is 31.8 Å². The molecule has 1 saturated heterocycles. The maximum absolute atomic E-state index is 14.4. The van der Waals surface area contributed by atoms with Gasteiger partial charge in [0.2, 0.25) is 17.7 Å². The molecule has 5 atom stereocenters. The van der Waals surface area contributed by atoms with Gasteiger partial charge in [0.1, 0.15) is 34.5 Å². The number of fused-ring (bicyclic) bond motifs is 3. The second-order valence-electron chi connectivity index (χ2n) is 13.7. The van der Waals surface area contributed by atoms with E-state index in [0.717, 1.165) is 49.6 Å². The molecule has 7 rings (SSSR count). The van der Waals surface area contributed by atoms with E-state index in [4.69, 9.17) is 19.2 Å². The third-order valence-corrected chi connectivity index (χ3v) is 11.1. The van der Waals surface area contributed by atoms with Crippen LogP contribution >= 0.6 is 11.3 Å². The van der Waals surface area contributed by atoms with Crippen LogP contribution in [0.2, 0.25) is 0 Å². The monoisotopic (exact) mass is 705 g/mol. The molecule has 0 radical (unpaired) electrons. The number of aromatic nitrogens is 4. The molecule has 5 heterocycles. The number of carbonyl (C=O) groups excluding carboxylic acids is 4. The summed E-state index contributed by atoms with van der Waals surface area (Å²) in [6.45, 7) is 0.0654. The Balaban J connectivity index is 1.18. The molecule has 3 aromatic rings. The van der Waals surface area contributed by atoms with Gasteiger partial charge in [-0.15, -0.1) is 11.3 Å². The van der Waals surface area contributed by atoms with Gasteiger partial charge in [0.25, 0.3) is 0 Å². The maximum Gasteiger partial charge on any atom is 0.408 e. The molecule has 15 heteroatoms. The lowest BCUT2D eigenvalue weighted by Crippen LogP contribution is -2.56. The molecule has 3 amide bonds. The summed E-state index contributed by atoms with van der Waals surface area (Å²) in [5.41, 5.74) is -0.511. The van der Waals surface area contributed by atoms with Crippen molar-refractivity contribution < 1.29 is 33.4 Å². The quantitative estimate of drug-likeness (QED) is 0.282. The normalized spacial score (nSPS) is 28.2. The first-order valence-corrected chi connectivity index (χ1v) is 18.4. The number of imidazole rings is 1. The number of amides is 3. The molecule has 0 aromatic carbocycles. The van der Waals surface area contributed by atoms with Crippen LogP contribution < -0.4 is 15.4 Å². The summed E-state index contributed by atoms with van der Waals surface area (Å²) in [6.07, 6.45) is 13.8. The second-order valence-corrected chi connectivity index (χ2v) is 14.6. The van der Waals surface area contributed by atoms with Crippen LogP contribution in [0.5, 0.6) is 5.88 Å². The van der Waals surface area contributed by atoms with E-state index < -0.39 is 47.6 Å². The molecule has 2 saturated carbocycles. The average Bonchev–Trinajstić information content (AvgIpc) is 3.71. The fraction of sp³-hybridized carbons (Fsp3) is 0.571. The fourth-order valence-corrected chi connectivity index (χ4v) is 8.17. The number of allylic oxidation sites excluding steroid dienone is 1. The molecule has 0 unspecified atom stereocenters. The maximum atomic E-state index is 14.4. The minimum atomic E-state index is -1.20. The average molecular weight is 706 g/mol. The predicted octanol–water partition coefficient (Wildman–Crippen LogP) is 4.05. The Morgan fingerprint density at radius 1 is 1.08 bits per heavy atom. The largest absolute Gasteiger partial charge is 0.471 e. The van der Waals surface area contributed by atoms with Crippen molar-refractivity contribution in [2.75, 3.05) is 13.7 Å². The zero-order valence-corrected chi connectivity index (χ0v) is 29.2. The number of rotatable bonds is 6. The summed E-state index contributed by atoms with van der Waals surface area (Å²) in [7, 11) is 3.16. The third kappa shape index (κ3) is 6.92. The van der Waals surface area contributed by atoms with Crippen LogP contribution in [0, 0.1) is 5.92 Å². The number of aryl methyl sites for hydroxylation is 1. The van der Waals surface area contributed by atoms with Crippen molar-refractivity contribution in [2.24, 2.45) is 13.0 Å². The van der Waals surface area contributed by atoms with Gasteiger partial charge in [0.05, 0.1) is 19.2 Å². The highest BCUT2D eigenvalue weighted by Gasteiger charge is 2.62. The van der Waals surface area contributed by atoms with E-state index in [1.54, 1.807) is 12.4 Å². The van der Waals surface area contributed by atoms with E-state index in [1.165, 1.54) is 23.3 Å². The first kappa shape index (κ1) is 33.9. The summed E-state index contributed by atoms with van der Waals surface area (Å²) in [4.78, 5) is 70.0. The lowest BCUT2D eigenvalue weighted by Gasteiger charge is -2.29. The molecule has 266 valence electrons. The summed E-state index contributed by atoms with van der Waals surface area (Å²) in [5.74, 6) is -0.328. The van der Waals surface area contributed by atoms with Gasteiger partial charge in [-0.3, -0.25) is 9.59 Å². The minimum Gasteiger partial charge on any atom is -0.471 e. The van der Waals surface area contributed by atoms with Crippen molar-refractivity contribution in [1.82, 2.24) is 35.1 Å². The highest BCUT2D eigenvalue weighted by Crippen LogP contribution is 2.46. The summed E-state index contributed by atoms with van der Waals surface area (Å²) in [5, 5.41) is 7.71. The second kappa shape index (κ2) is 14.4. The molecular formula is C35H43N7O7S. The lowest BCUT2D eigenvalue weighted by molar-refractivity contribution is -0.148. The van der Waals surface area contributed by atoms with Crippen molar-refractivity contribution in [3.8, 4) is 17.5 Å². The molecule has 2 aliphatic carbocycles. The number of esters is 1. The molecule has 0 spiro atoms. The molecule has 4 aliphatic rings. The van der Waals surface area contributed by atoms with E-state index >= 15 is 0 Å². The van der Waals surface area contributed by atoms with Crippen LogP contribution in [0.3, 0.4) is 0 Å². The number of thiophene rings is 1. The molecular weight excluding hydrogens is 662 g/mol. The number of nitrogens with one attached hydrogen (secondary N) is 2. The Labute approximate surface area is 294 Å². The number of carbonyl (C=O) groups is 4. The standard InChI is InChI=1S/C35H43N7O7S/c1-41-16-15-36-29(41)28-37-24-14-17-50-27(24)31(39-28)48-23-18-26-30(43)40-35(33(45)47-2)19-21(35)10-6-4-3-5-7-13-25(32(44)42(26)20-23)38-34(46)49-22-11-8-9-12-22/h6,10,14-17,21-23,25-26H,3-5,7-9,11-13,18-20H2,1-2H3,(H,38,46)(H,40,43)/b10-6-/t21-,23+,25-,26-,35+/m0/s1. The third-order valence-electron chi connectivity index (χ3n) is 10.2. The van der Waals surface area contributed by atoms with Crippen molar-refractivity contribution in [3.63, 3.8) is 0 Å².